The van der Waals surface area contributed by atoms with Crippen LogP contribution in [0.1, 0.15) is 24.8 Å². The maximum absolute atomic E-state index is 11.7. The van der Waals surface area contributed by atoms with Gasteiger partial charge in [0.15, 0.2) is 0 Å². The van der Waals surface area contributed by atoms with E-state index >= 15 is 0 Å². The molecule has 0 saturated heterocycles. The third kappa shape index (κ3) is 6.68. The molecule has 0 aliphatic rings. The summed E-state index contributed by atoms with van der Waals surface area (Å²) in [5.74, 6) is -1.13. The van der Waals surface area contributed by atoms with E-state index in [0.717, 1.165) is 0 Å². The number of nitrogens with two attached hydrogens (primary N) is 1. The van der Waals surface area contributed by atoms with Gasteiger partial charge in [0, 0.05) is 10.6 Å². The van der Waals surface area contributed by atoms with Crippen LogP contribution in [0.5, 0.6) is 0 Å². The Labute approximate surface area is 133 Å². The molecule has 0 aromatic heterocycles. The predicted molar refractivity (Wildman–Crippen MR) is 82.9 cm³/mol. The summed E-state index contributed by atoms with van der Waals surface area (Å²) in [6, 6.07) is 5.60. The van der Waals surface area contributed by atoms with Crippen molar-refractivity contribution in [3.05, 3.63) is 40.3 Å². The summed E-state index contributed by atoms with van der Waals surface area (Å²) in [7, 11) is 0. The normalized spacial score (nSPS) is 11.2. The monoisotopic (exact) mass is 321 g/mol. The van der Waals surface area contributed by atoms with E-state index in [0.29, 0.717) is 30.6 Å². The molecule has 0 fully saturated rings. The van der Waals surface area contributed by atoms with Crippen molar-refractivity contribution in [3.63, 3.8) is 0 Å². The number of alkyl carbamates (subject to hydrolysis) is 1. The molecule has 1 aromatic carbocycles. The summed E-state index contributed by atoms with van der Waals surface area (Å²) >= 11 is 0. The molecule has 124 valence electrons. The Balaban J connectivity index is 2.55. The topological polar surface area (TPSA) is 150 Å². The van der Waals surface area contributed by atoms with Gasteiger partial charge in [-0.3, -0.25) is 0 Å². The van der Waals surface area contributed by atoms with Gasteiger partial charge in [-0.2, -0.15) is 0 Å². The van der Waals surface area contributed by atoms with E-state index in [1.165, 1.54) is 0 Å². The lowest BCUT2D eigenvalue weighted by molar-refractivity contribution is -0.139. The summed E-state index contributed by atoms with van der Waals surface area (Å²) in [5, 5.41) is 14.8. The molecule has 0 aliphatic heterocycles. The predicted octanol–water partition coefficient (Wildman–Crippen LogP) is 2.44. The molecule has 23 heavy (non-hydrogen) atoms. The molecule has 9 nitrogen and oxygen atoms in total. The minimum Gasteiger partial charge on any atom is -0.480 e. The molecule has 1 amide bonds. The molecular weight excluding hydrogens is 302 g/mol. The first kappa shape index (κ1) is 18.3. The number of aliphatic carboxylic acids is 1. The SMILES string of the molecule is [N-]=[N+]=Nc1ccccc1COC(=O)N[C@@H](CCCCN)C(=O)O. The number of hydrogen-bond donors (Lipinski definition) is 3. The Morgan fingerprint density at radius 2 is 2.13 bits per heavy atom. The Morgan fingerprint density at radius 3 is 2.78 bits per heavy atom. The van der Waals surface area contributed by atoms with E-state index in [9.17, 15) is 9.59 Å². The van der Waals surface area contributed by atoms with Gasteiger partial charge in [0.2, 0.25) is 0 Å². The molecule has 0 aliphatic carbocycles. The summed E-state index contributed by atoms with van der Waals surface area (Å²) < 4.78 is 4.98. The van der Waals surface area contributed by atoms with Gasteiger partial charge in [0.05, 0.1) is 0 Å². The molecule has 9 heteroatoms. The van der Waals surface area contributed by atoms with Crippen LogP contribution in [0.25, 0.3) is 10.4 Å². The van der Waals surface area contributed by atoms with Crippen molar-refractivity contribution < 1.29 is 19.4 Å². The van der Waals surface area contributed by atoms with E-state index < -0.39 is 18.1 Å². The number of benzene rings is 1. The number of carbonyl (C=O) groups is 2. The number of carboxylic acid groups (broad SMARTS) is 1. The molecule has 0 bridgehead atoms. The lowest BCUT2D eigenvalue weighted by atomic mass is 10.1. The van der Waals surface area contributed by atoms with Crippen LogP contribution in [0.2, 0.25) is 0 Å². The second-order valence-corrected chi connectivity index (χ2v) is 4.71. The smallest absolute Gasteiger partial charge is 0.408 e. The van der Waals surface area contributed by atoms with E-state index in [1.54, 1.807) is 24.3 Å². The summed E-state index contributed by atoms with van der Waals surface area (Å²) in [5.41, 5.74) is 14.7. The number of carboxylic acids is 1. The Kier molecular flexibility index (Phi) is 7.98. The third-order valence-electron chi connectivity index (χ3n) is 3.04. The fourth-order valence-corrected chi connectivity index (χ4v) is 1.86. The van der Waals surface area contributed by atoms with E-state index in [-0.39, 0.29) is 13.0 Å². The summed E-state index contributed by atoms with van der Waals surface area (Å²) in [6.45, 7) is 0.336. The number of ether oxygens (including phenoxy) is 1. The van der Waals surface area contributed by atoms with Gasteiger partial charge in [-0.05, 0) is 36.9 Å². The lowest BCUT2D eigenvalue weighted by Gasteiger charge is -2.14. The molecule has 0 saturated carbocycles. The average molecular weight is 321 g/mol. The third-order valence-corrected chi connectivity index (χ3v) is 3.04. The van der Waals surface area contributed by atoms with Gasteiger partial charge < -0.3 is 20.9 Å². The Bertz CT molecular complexity index is 586. The lowest BCUT2D eigenvalue weighted by Crippen LogP contribution is -2.41. The molecule has 1 rings (SSSR count). The van der Waals surface area contributed by atoms with Crippen molar-refractivity contribution in [2.24, 2.45) is 10.8 Å². The molecule has 1 atom stereocenters. The molecule has 1 aromatic rings. The van der Waals surface area contributed by atoms with Crippen LogP contribution in [-0.4, -0.2) is 29.8 Å². The van der Waals surface area contributed by atoms with Crippen LogP contribution in [0.3, 0.4) is 0 Å². The standard InChI is InChI=1S/C14H19N5O4/c15-8-4-3-7-12(13(20)21)17-14(22)23-9-10-5-1-2-6-11(10)18-19-16/h1-2,5-6,12H,3-4,7-9,15H2,(H,17,22)(H,20,21)/t12-/m0/s1. The maximum Gasteiger partial charge on any atom is 0.408 e. The second kappa shape index (κ2) is 10.0. The summed E-state index contributed by atoms with van der Waals surface area (Å²) in [6.07, 6.45) is 0.700. The molecule has 0 unspecified atom stereocenters. The van der Waals surface area contributed by atoms with E-state index in [4.69, 9.17) is 21.1 Å². The van der Waals surface area contributed by atoms with Crippen LogP contribution < -0.4 is 11.1 Å². The van der Waals surface area contributed by atoms with E-state index in [1.807, 2.05) is 0 Å². The van der Waals surface area contributed by atoms with Gasteiger partial charge >= 0.3 is 12.1 Å². The van der Waals surface area contributed by atoms with Gasteiger partial charge in [0.25, 0.3) is 0 Å². The van der Waals surface area contributed by atoms with Crippen LogP contribution in [0, 0.1) is 0 Å². The highest BCUT2D eigenvalue weighted by atomic mass is 16.5. The maximum atomic E-state index is 11.7. The van der Waals surface area contributed by atoms with Gasteiger partial charge in [-0.15, -0.1) is 0 Å². The highest BCUT2D eigenvalue weighted by Gasteiger charge is 2.20. The fraction of sp³-hybridized carbons (Fsp3) is 0.429. The van der Waals surface area contributed by atoms with Crippen LogP contribution >= 0.6 is 0 Å². The first-order chi connectivity index (χ1) is 11.1. The molecule has 0 heterocycles. The number of unbranched alkanes of at least 4 members (excludes halogenated alkanes) is 1. The Hall–Kier alpha value is -2.77. The zero-order valence-corrected chi connectivity index (χ0v) is 12.5. The highest BCUT2D eigenvalue weighted by Crippen LogP contribution is 2.19. The number of hydrogen-bond acceptors (Lipinski definition) is 5. The zero-order valence-electron chi connectivity index (χ0n) is 12.5. The number of azide groups is 1. The minimum absolute atomic E-state index is 0.129. The van der Waals surface area contributed by atoms with E-state index in [2.05, 4.69) is 15.3 Å². The number of amides is 1. The van der Waals surface area contributed by atoms with Crippen molar-refractivity contribution in [1.82, 2.24) is 5.32 Å². The number of nitrogens with zero attached hydrogens (tertiary/aromatic N) is 3. The fourth-order valence-electron chi connectivity index (χ4n) is 1.86. The summed E-state index contributed by atoms with van der Waals surface area (Å²) in [4.78, 5) is 25.5. The first-order valence-corrected chi connectivity index (χ1v) is 7.07. The minimum atomic E-state index is -1.13. The van der Waals surface area contributed by atoms with Gasteiger partial charge in [-0.25, -0.2) is 9.59 Å². The van der Waals surface area contributed by atoms with Crippen molar-refractivity contribution in [3.8, 4) is 0 Å². The quantitative estimate of drug-likeness (QED) is 0.276. The zero-order chi connectivity index (χ0) is 17.1. The molecule has 0 spiro atoms. The van der Waals surface area contributed by atoms with Gasteiger partial charge in [0.1, 0.15) is 12.6 Å². The van der Waals surface area contributed by atoms with Crippen molar-refractivity contribution in [1.29, 1.82) is 0 Å². The first-order valence-electron chi connectivity index (χ1n) is 7.07. The number of carbonyl (C=O) groups excluding carboxylic acids is 1. The Morgan fingerprint density at radius 1 is 1.39 bits per heavy atom. The molecule has 0 radical (unpaired) electrons. The number of nitrogens with one attached hydrogen (secondary N) is 1. The average Bonchev–Trinajstić information content (AvgIpc) is 2.53. The highest BCUT2D eigenvalue weighted by molar-refractivity contribution is 5.79. The van der Waals surface area contributed by atoms with Crippen molar-refractivity contribution in [2.75, 3.05) is 6.54 Å². The van der Waals surface area contributed by atoms with Crippen molar-refractivity contribution >= 4 is 17.7 Å². The van der Waals surface area contributed by atoms with Gasteiger partial charge in [-0.1, -0.05) is 29.4 Å². The van der Waals surface area contributed by atoms with Crippen molar-refractivity contribution in [2.45, 2.75) is 31.9 Å². The molecule has 4 N–H and O–H groups in total. The van der Waals surface area contributed by atoms with Crippen LogP contribution in [0.15, 0.2) is 29.4 Å². The second-order valence-electron chi connectivity index (χ2n) is 4.71. The largest absolute Gasteiger partial charge is 0.480 e. The van der Waals surface area contributed by atoms with Crippen LogP contribution in [0.4, 0.5) is 10.5 Å². The molecular formula is C14H19N5O4. The van der Waals surface area contributed by atoms with Crippen LogP contribution in [-0.2, 0) is 16.1 Å². The number of rotatable bonds is 9.